The molecular weight excluding hydrogens is 280 g/mol. The van der Waals surface area contributed by atoms with Gasteiger partial charge < -0.3 is 19.7 Å². The highest BCUT2D eigenvalue weighted by Gasteiger charge is 2.41. The van der Waals surface area contributed by atoms with E-state index in [1.807, 2.05) is 18.2 Å². The van der Waals surface area contributed by atoms with Crippen molar-refractivity contribution < 1.29 is 19.7 Å². The standard InChI is InChI=1S/C18H26O4/c1-10(2)13-6-4-11(3)16(18(13)20)17(19)12-5-7-14-15(8-12)22-9-21-14/h5,7-8,10-11,13,16-20H,4,6,9H2,1-3H3/t11-,13-,16+,17?,18?/m1/s1. The van der Waals surface area contributed by atoms with Crippen molar-refractivity contribution in [3.05, 3.63) is 23.8 Å². The van der Waals surface area contributed by atoms with E-state index in [2.05, 4.69) is 20.8 Å². The lowest BCUT2D eigenvalue weighted by Gasteiger charge is -2.43. The molecule has 2 unspecified atom stereocenters. The van der Waals surface area contributed by atoms with Gasteiger partial charge in [-0.3, -0.25) is 0 Å². The monoisotopic (exact) mass is 306 g/mol. The first-order valence-electron chi connectivity index (χ1n) is 8.24. The fourth-order valence-electron chi connectivity index (χ4n) is 3.99. The Kier molecular flexibility index (Phi) is 4.33. The van der Waals surface area contributed by atoms with Crippen LogP contribution in [-0.4, -0.2) is 23.1 Å². The second kappa shape index (κ2) is 6.09. The Hall–Kier alpha value is -1.26. The maximum atomic E-state index is 10.9. The molecule has 1 aromatic rings. The predicted molar refractivity (Wildman–Crippen MR) is 83.7 cm³/mol. The smallest absolute Gasteiger partial charge is 0.231 e. The third-order valence-electron chi connectivity index (χ3n) is 5.40. The Labute approximate surface area is 132 Å². The molecule has 2 N–H and O–H groups in total. The Morgan fingerprint density at radius 3 is 2.59 bits per heavy atom. The molecule has 0 spiro atoms. The highest BCUT2D eigenvalue weighted by Crippen LogP contribution is 2.45. The van der Waals surface area contributed by atoms with Gasteiger partial charge in [0.25, 0.3) is 0 Å². The molecule has 0 aromatic heterocycles. The lowest BCUT2D eigenvalue weighted by atomic mass is 9.66. The number of fused-ring (bicyclic) bond motifs is 1. The Morgan fingerprint density at radius 2 is 1.86 bits per heavy atom. The zero-order valence-electron chi connectivity index (χ0n) is 13.5. The topological polar surface area (TPSA) is 58.9 Å². The lowest BCUT2D eigenvalue weighted by molar-refractivity contribution is -0.0822. The van der Waals surface area contributed by atoms with E-state index in [0.29, 0.717) is 23.3 Å². The minimum atomic E-state index is -0.680. The molecule has 0 bridgehead atoms. The average molecular weight is 306 g/mol. The van der Waals surface area contributed by atoms with Crippen molar-refractivity contribution in [3.63, 3.8) is 0 Å². The third-order valence-corrected chi connectivity index (χ3v) is 5.40. The van der Waals surface area contributed by atoms with Gasteiger partial charge in [-0.15, -0.1) is 0 Å². The summed E-state index contributed by atoms with van der Waals surface area (Å²) in [5.41, 5.74) is 0.796. The Bertz CT molecular complexity index is 528. The molecule has 0 radical (unpaired) electrons. The normalized spacial score (nSPS) is 32.3. The summed E-state index contributed by atoms with van der Waals surface area (Å²) in [6.45, 7) is 6.65. The highest BCUT2D eigenvalue weighted by molar-refractivity contribution is 5.45. The molecule has 0 amide bonds. The minimum absolute atomic E-state index is 0.137. The first kappa shape index (κ1) is 15.6. The molecular formula is C18H26O4. The summed E-state index contributed by atoms with van der Waals surface area (Å²) in [7, 11) is 0. The van der Waals surface area contributed by atoms with Gasteiger partial charge in [0.1, 0.15) is 0 Å². The molecule has 2 aliphatic rings. The van der Waals surface area contributed by atoms with Gasteiger partial charge in [0, 0.05) is 5.92 Å². The van der Waals surface area contributed by atoms with Gasteiger partial charge in [0.2, 0.25) is 6.79 Å². The molecule has 5 atom stereocenters. The molecule has 3 rings (SSSR count). The van der Waals surface area contributed by atoms with Crippen LogP contribution in [0.1, 0.15) is 45.3 Å². The van der Waals surface area contributed by atoms with Crippen LogP contribution >= 0.6 is 0 Å². The van der Waals surface area contributed by atoms with Gasteiger partial charge in [-0.1, -0.05) is 26.8 Å². The Balaban J connectivity index is 1.84. The van der Waals surface area contributed by atoms with Crippen LogP contribution in [0.2, 0.25) is 0 Å². The number of ether oxygens (including phenoxy) is 2. The number of hydrogen-bond donors (Lipinski definition) is 2. The lowest BCUT2D eigenvalue weighted by Crippen LogP contribution is -2.43. The number of aliphatic hydroxyl groups excluding tert-OH is 2. The van der Waals surface area contributed by atoms with E-state index in [1.165, 1.54) is 0 Å². The van der Waals surface area contributed by atoms with Crippen LogP contribution in [0.25, 0.3) is 0 Å². The van der Waals surface area contributed by atoms with Crippen molar-refractivity contribution >= 4 is 0 Å². The molecule has 1 aromatic carbocycles. The van der Waals surface area contributed by atoms with E-state index >= 15 is 0 Å². The fraction of sp³-hybridized carbons (Fsp3) is 0.667. The second-order valence-electron chi connectivity index (χ2n) is 7.09. The Morgan fingerprint density at radius 1 is 1.14 bits per heavy atom. The highest BCUT2D eigenvalue weighted by atomic mass is 16.7. The zero-order chi connectivity index (χ0) is 15.9. The largest absolute Gasteiger partial charge is 0.454 e. The van der Waals surface area contributed by atoms with Crippen LogP contribution in [0, 0.1) is 23.7 Å². The second-order valence-corrected chi connectivity index (χ2v) is 7.09. The summed E-state index contributed by atoms with van der Waals surface area (Å²) in [6, 6.07) is 5.54. The van der Waals surface area contributed by atoms with E-state index in [1.54, 1.807) is 0 Å². The van der Waals surface area contributed by atoms with Crippen molar-refractivity contribution in [2.24, 2.45) is 23.7 Å². The van der Waals surface area contributed by atoms with Gasteiger partial charge in [-0.25, -0.2) is 0 Å². The van der Waals surface area contributed by atoms with E-state index < -0.39 is 12.2 Å². The molecule has 4 nitrogen and oxygen atoms in total. The number of rotatable bonds is 3. The summed E-state index contributed by atoms with van der Waals surface area (Å²) in [5, 5.41) is 21.6. The van der Waals surface area contributed by atoms with Crippen LogP contribution in [0.4, 0.5) is 0 Å². The van der Waals surface area contributed by atoms with Crippen LogP contribution in [-0.2, 0) is 0 Å². The molecule has 4 heteroatoms. The number of hydrogen-bond acceptors (Lipinski definition) is 4. The van der Waals surface area contributed by atoms with E-state index in [4.69, 9.17) is 9.47 Å². The number of aliphatic hydroxyl groups is 2. The van der Waals surface area contributed by atoms with Gasteiger partial charge in [0.05, 0.1) is 12.2 Å². The van der Waals surface area contributed by atoms with Gasteiger partial charge >= 0.3 is 0 Å². The number of benzene rings is 1. The zero-order valence-corrected chi connectivity index (χ0v) is 13.5. The van der Waals surface area contributed by atoms with Crippen LogP contribution in [0.3, 0.4) is 0 Å². The van der Waals surface area contributed by atoms with Crippen molar-refractivity contribution in [1.29, 1.82) is 0 Å². The minimum Gasteiger partial charge on any atom is -0.454 e. The maximum Gasteiger partial charge on any atom is 0.231 e. The van der Waals surface area contributed by atoms with Gasteiger partial charge in [0.15, 0.2) is 11.5 Å². The summed E-state index contributed by atoms with van der Waals surface area (Å²) < 4.78 is 10.7. The predicted octanol–water partition coefficient (Wildman–Crippen LogP) is 3.13. The average Bonchev–Trinajstić information content (AvgIpc) is 2.94. The third kappa shape index (κ3) is 2.70. The first-order valence-corrected chi connectivity index (χ1v) is 8.24. The van der Waals surface area contributed by atoms with Crippen molar-refractivity contribution in [2.45, 2.75) is 45.8 Å². The molecule has 1 aliphatic heterocycles. The van der Waals surface area contributed by atoms with Crippen molar-refractivity contribution in [1.82, 2.24) is 0 Å². The van der Waals surface area contributed by atoms with E-state index in [9.17, 15) is 10.2 Å². The van der Waals surface area contributed by atoms with Crippen LogP contribution in [0.5, 0.6) is 11.5 Å². The molecule has 1 heterocycles. The van der Waals surface area contributed by atoms with E-state index in [-0.39, 0.29) is 18.6 Å². The summed E-state index contributed by atoms with van der Waals surface area (Å²) in [4.78, 5) is 0. The van der Waals surface area contributed by atoms with Crippen molar-refractivity contribution in [3.8, 4) is 11.5 Å². The molecule has 0 saturated heterocycles. The molecule has 1 saturated carbocycles. The first-order chi connectivity index (χ1) is 10.5. The quantitative estimate of drug-likeness (QED) is 0.901. The maximum absolute atomic E-state index is 10.9. The van der Waals surface area contributed by atoms with E-state index in [0.717, 1.165) is 18.4 Å². The molecule has 22 heavy (non-hydrogen) atoms. The SMILES string of the molecule is CC(C)[C@H]1CC[C@@H](C)[C@@H](C(O)c2ccc3c(c2)OCO3)C1O. The van der Waals surface area contributed by atoms with Crippen molar-refractivity contribution in [2.75, 3.05) is 6.79 Å². The van der Waals surface area contributed by atoms with Gasteiger partial charge in [-0.2, -0.15) is 0 Å². The molecule has 122 valence electrons. The molecule has 1 aliphatic carbocycles. The van der Waals surface area contributed by atoms with Crippen LogP contribution in [0.15, 0.2) is 18.2 Å². The summed E-state index contributed by atoms with van der Waals surface area (Å²) in [6.07, 6.45) is 0.932. The molecule has 1 fully saturated rings. The van der Waals surface area contributed by atoms with Gasteiger partial charge in [-0.05, 0) is 48.3 Å². The summed E-state index contributed by atoms with van der Waals surface area (Å²) >= 11 is 0. The van der Waals surface area contributed by atoms with Crippen LogP contribution < -0.4 is 9.47 Å². The summed E-state index contributed by atoms with van der Waals surface area (Å²) in [5.74, 6) is 2.23. The fourth-order valence-corrected chi connectivity index (χ4v) is 3.99.